The second-order valence-corrected chi connectivity index (χ2v) is 5.24. The van der Waals surface area contributed by atoms with E-state index >= 15 is 0 Å². The lowest BCUT2D eigenvalue weighted by Crippen LogP contribution is -2.18. The van der Waals surface area contributed by atoms with Crippen molar-refractivity contribution in [3.8, 4) is 5.75 Å². The average Bonchev–Trinajstić information content (AvgIpc) is 2.56. The highest BCUT2D eigenvalue weighted by Gasteiger charge is 2.09. The predicted molar refractivity (Wildman–Crippen MR) is 91.2 cm³/mol. The van der Waals surface area contributed by atoms with Crippen LogP contribution in [0.3, 0.4) is 0 Å². The largest absolute Gasteiger partial charge is 0.434 e. The maximum Gasteiger partial charge on any atom is 0.387 e. The van der Waals surface area contributed by atoms with Crippen LogP contribution in [-0.2, 0) is 9.63 Å². The quantitative estimate of drug-likeness (QED) is 0.610. The van der Waals surface area contributed by atoms with Crippen molar-refractivity contribution < 1.29 is 23.1 Å². The highest BCUT2D eigenvalue weighted by Crippen LogP contribution is 2.19. The summed E-state index contributed by atoms with van der Waals surface area (Å²) >= 11 is 0. The summed E-state index contributed by atoms with van der Waals surface area (Å²) in [5.41, 5.74) is 2.93. The molecule has 0 atom stereocenters. The van der Waals surface area contributed by atoms with Crippen molar-refractivity contribution in [1.29, 1.82) is 0 Å². The molecule has 1 N–H and O–H groups in total. The fourth-order valence-electron chi connectivity index (χ4n) is 2.17. The molecule has 0 unspecified atom stereocenters. The number of rotatable bonds is 7. The number of para-hydroxylation sites is 2. The Balaban J connectivity index is 1.90. The van der Waals surface area contributed by atoms with E-state index in [9.17, 15) is 13.6 Å². The molecule has 0 aliphatic rings. The highest BCUT2D eigenvalue weighted by molar-refractivity contribution is 5.93. The smallest absolute Gasteiger partial charge is 0.387 e. The zero-order valence-corrected chi connectivity index (χ0v) is 13.8. The van der Waals surface area contributed by atoms with Gasteiger partial charge < -0.3 is 14.9 Å². The van der Waals surface area contributed by atoms with Crippen LogP contribution in [-0.4, -0.2) is 25.3 Å². The van der Waals surface area contributed by atoms with Gasteiger partial charge in [0, 0.05) is 11.3 Å². The van der Waals surface area contributed by atoms with Crippen molar-refractivity contribution in [2.45, 2.75) is 20.5 Å². The predicted octanol–water partition coefficient (Wildman–Crippen LogP) is 3.89. The molecule has 0 saturated carbocycles. The zero-order valence-electron chi connectivity index (χ0n) is 13.8. The third kappa shape index (κ3) is 5.56. The number of benzene rings is 2. The Labute approximate surface area is 144 Å². The summed E-state index contributed by atoms with van der Waals surface area (Å²) in [4.78, 5) is 16.8. The molecule has 0 fully saturated rings. The van der Waals surface area contributed by atoms with Crippen LogP contribution in [0, 0.1) is 13.8 Å². The first kappa shape index (κ1) is 18.4. The van der Waals surface area contributed by atoms with Crippen LogP contribution in [0.1, 0.15) is 16.7 Å². The van der Waals surface area contributed by atoms with E-state index in [1.165, 1.54) is 12.3 Å². The molecule has 0 aliphatic carbocycles. The fourth-order valence-corrected chi connectivity index (χ4v) is 2.17. The molecule has 0 radical (unpaired) electrons. The Hall–Kier alpha value is -2.96. The molecule has 0 aliphatic heterocycles. The van der Waals surface area contributed by atoms with Crippen molar-refractivity contribution in [2.75, 3.05) is 11.9 Å². The summed E-state index contributed by atoms with van der Waals surface area (Å²) in [6.45, 7) is 0.546. The molecule has 5 nitrogen and oxygen atoms in total. The lowest BCUT2D eigenvalue weighted by Gasteiger charge is -2.10. The lowest BCUT2D eigenvalue weighted by molar-refractivity contribution is -0.120. The number of aryl methyl sites for hydroxylation is 2. The number of nitrogens with zero attached hydrogens (tertiary/aromatic N) is 1. The minimum Gasteiger partial charge on any atom is -0.434 e. The molecule has 2 rings (SSSR count). The van der Waals surface area contributed by atoms with Gasteiger partial charge in [0.1, 0.15) is 5.75 Å². The van der Waals surface area contributed by atoms with Gasteiger partial charge in [-0.25, -0.2) is 0 Å². The lowest BCUT2D eigenvalue weighted by atomic mass is 10.1. The monoisotopic (exact) mass is 348 g/mol. The van der Waals surface area contributed by atoms with Crippen LogP contribution < -0.4 is 10.1 Å². The van der Waals surface area contributed by atoms with E-state index in [-0.39, 0.29) is 18.3 Å². The number of nitrogens with one attached hydrogen (secondary N) is 1. The molecule has 7 heteroatoms. The first-order valence-electron chi connectivity index (χ1n) is 7.52. The molecule has 25 heavy (non-hydrogen) atoms. The molecular weight excluding hydrogens is 330 g/mol. The molecule has 1 amide bonds. The van der Waals surface area contributed by atoms with Crippen LogP contribution in [0.2, 0.25) is 0 Å². The number of carbonyl (C=O) groups is 1. The Morgan fingerprint density at radius 1 is 1.16 bits per heavy atom. The third-order valence-electron chi connectivity index (χ3n) is 3.34. The number of alkyl halides is 2. The summed E-state index contributed by atoms with van der Waals surface area (Å²) in [5.74, 6) is -0.392. The summed E-state index contributed by atoms with van der Waals surface area (Å²) < 4.78 is 29.0. The minimum absolute atomic E-state index is 0.0233. The van der Waals surface area contributed by atoms with Crippen molar-refractivity contribution in [2.24, 2.45) is 5.16 Å². The van der Waals surface area contributed by atoms with Crippen LogP contribution in [0.15, 0.2) is 47.6 Å². The first-order chi connectivity index (χ1) is 12.0. The number of halogens is 2. The molecule has 0 aromatic heterocycles. The number of hydrogen-bond donors (Lipinski definition) is 1. The third-order valence-corrected chi connectivity index (χ3v) is 3.34. The van der Waals surface area contributed by atoms with Crippen LogP contribution in [0.4, 0.5) is 14.5 Å². The van der Waals surface area contributed by atoms with Gasteiger partial charge in [-0.1, -0.05) is 35.5 Å². The molecule has 2 aromatic rings. The van der Waals surface area contributed by atoms with Gasteiger partial charge >= 0.3 is 6.61 Å². The van der Waals surface area contributed by atoms with E-state index in [1.54, 1.807) is 18.2 Å². The minimum atomic E-state index is -2.93. The summed E-state index contributed by atoms with van der Waals surface area (Å²) in [7, 11) is 0. The van der Waals surface area contributed by atoms with Crippen LogP contribution >= 0.6 is 0 Å². The van der Waals surface area contributed by atoms with Crippen molar-refractivity contribution >= 4 is 17.8 Å². The first-order valence-corrected chi connectivity index (χ1v) is 7.52. The maximum absolute atomic E-state index is 12.3. The van der Waals surface area contributed by atoms with Gasteiger partial charge in [0.2, 0.25) is 0 Å². The van der Waals surface area contributed by atoms with Gasteiger partial charge in [-0.2, -0.15) is 8.78 Å². The number of carbonyl (C=O) groups excluding carboxylic acids is 1. The van der Waals surface area contributed by atoms with Gasteiger partial charge in [-0.15, -0.1) is 0 Å². The standard InChI is InChI=1S/C18H18F2N2O3/c1-12-6-5-7-13(2)17(12)22-16(23)11-24-21-10-14-8-3-4-9-15(14)25-18(19)20/h3-10,18H,11H2,1-2H3,(H,22,23)/b21-10-. The molecule has 132 valence electrons. The molecular formula is C18H18F2N2O3. The van der Waals surface area contributed by atoms with Gasteiger partial charge in [0.05, 0.1) is 6.21 Å². The Kier molecular flexibility index (Phi) is 6.45. The Morgan fingerprint density at radius 3 is 2.52 bits per heavy atom. The second-order valence-electron chi connectivity index (χ2n) is 5.24. The van der Waals surface area contributed by atoms with Crippen molar-refractivity contribution in [3.63, 3.8) is 0 Å². The van der Waals surface area contributed by atoms with Gasteiger partial charge in [0.25, 0.3) is 5.91 Å². The Morgan fingerprint density at radius 2 is 1.84 bits per heavy atom. The molecule has 0 spiro atoms. The normalized spacial score (nSPS) is 10.9. The van der Waals surface area contributed by atoms with Crippen LogP contribution in [0.5, 0.6) is 5.75 Å². The van der Waals surface area contributed by atoms with Crippen LogP contribution in [0.25, 0.3) is 0 Å². The zero-order chi connectivity index (χ0) is 18.2. The number of oxime groups is 1. The van der Waals surface area contributed by atoms with Gasteiger partial charge in [-0.3, -0.25) is 4.79 Å². The van der Waals surface area contributed by atoms with Gasteiger partial charge in [-0.05, 0) is 37.1 Å². The summed E-state index contributed by atoms with van der Waals surface area (Å²) in [6.07, 6.45) is 1.21. The van der Waals surface area contributed by atoms with E-state index in [0.29, 0.717) is 5.56 Å². The average molecular weight is 348 g/mol. The fraction of sp³-hybridized carbons (Fsp3) is 0.222. The summed E-state index contributed by atoms with van der Waals surface area (Å²) in [6, 6.07) is 11.8. The molecule has 0 saturated heterocycles. The van der Waals surface area contributed by atoms with E-state index in [4.69, 9.17) is 4.84 Å². The number of amides is 1. The number of anilines is 1. The summed E-state index contributed by atoms with van der Waals surface area (Å²) in [5, 5.41) is 6.38. The van der Waals surface area contributed by atoms with E-state index in [0.717, 1.165) is 16.8 Å². The van der Waals surface area contributed by atoms with Crippen molar-refractivity contribution in [3.05, 3.63) is 59.2 Å². The van der Waals surface area contributed by atoms with Gasteiger partial charge in [0.15, 0.2) is 6.61 Å². The SMILES string of the molecule is Cc1cccc(C)c1NC(=O)CO/N=C\c1ccccc1OC(F)F. The topological polar surface area (TPSA) is 59.9 Å². The maximum atomic E-state index is 12.3. The number of ether oxygens (including phenoxy) is 1. The van der Waals surface area contributed by atoms with E-state index < -0.39 is 6.61 Å². The van der Waals surface area contributed by atoms with Crippen molar-refractivity contribution in [1.82, 2.24) is 0 Å². The number of hydrogen-bond acceptors (Lipinski definition) is 4. The Bertz CT molecular complexity index is 743. The highest BCUT2D eigenvalue weighted by atomic mass is 19.3. The van der Waals surface area contributed by atoms with E-state index in [1.807, 2.05) is 32.0 Å². The second kappa shape index (κ2) is 8.77. The molecule has 0 bridgehead atoms. The van der Waals surface area contributed by atoms with E-state index in [2.05, 4.69) is 15.2 Å². The molecule has 0 heterocycles. The molecule has 2 aromatic carbocycles.